The minimum absolute atomic E-state index is 0.0344. The standard InChI is InChI=1S/C32H48O5/c1-22(2)9-5-10-23(3)11-6-13-25(20-34)27-16-17-32(30(27)36)28(15-8-18-33)29-24(19-31(32,4)37)12-7-14-26(29)21-35/h6,9,11,13,21,24,27-28,30,33-34,36-37H,3,5,7-8,10,12,14-20H2,1-2,4H3/b11-6+,25-13-/t24-,27-,28-,30+,31+,32+/m0/s1. The normalized spacial score (nSPS) is 34.2. The molecule has 2 saturated carbocycles. The monoisotopic (exact) mass is 512 g/mol. The van der Waals surface area contributed by atoms with Crippen LogP contribution in [0, 0.1) is 23.2 Å². The lowest BCUT2D eigenvalue weighted by Crippen LogP contribution is -2.61. The molecule has 37 heavy (non-hydrogen) atoms. The maximum Gasteiger partial charge on any atom is 0.145 e. The van der Waals surface area contributed by atoms with Crippen molar-refractivity contribution in [2.45, 2.75) is 96.7 Å². The van der Waals surface area contributed by atoms with Gasteiger partial charge in [0, 0.05) is 17.9 Å². The Kier molecular flexibility index (Phi) is 10.3. The van der Waals surface area contributed by atoms with Crippen LogP contribution >= 0.6 is 0 Å². The van der Waals surface area contributed by atoms with Gasteiger partial charge in [0.15, 0.2) is 0 Å². The van der Waals surface area contributed by atoms with Gasteiger partial charge in [0.05, 0.1) is 18.3 Å². The van der Waals surface area contributed by atoms with Crippen molar-refractivity contribution >= 4 is 6.29 Å². The highest BCUT2D eigenvalue weighted by Crippen LogP contribution is 2.65. The third kappa shape index (κ3) is 6.11. The number of hydrogen-bond acceptors (Lipinski definition) is 5. The van der Waals surface area contributed by atoms with E-state index >= 15 is 0 Å². The molecule has 0 aromatic rings. The SMILES string of the molecule is C=C(/C=C/C=C(/CO)[C@@H]1CC[C@]2([C@@H]1O)[C@@H](CCCO)C1=C(C=O)CCC[C@H]1C[C@@]2(C)O)CCC=C(C)C. The van der Waals surface area contributed by atoms with Crippen LogP contribution in [0.1, 0.15) is 85.0 Å². The quantitative estimate of drug-likeness (QED) is 0.170. The van der Waals surface area contributed by atoms with Crippen LogP contribution in [0.2, 0.25) is 0 Å². The summed E-state index contributed by atoms with van der Waals surface area (Å²) >= 11 is 0. The first-order valence-corrected chi connectivity index (χ1v) is 14.1. The third-order valence-corrected chi connectivity index (χ3v) is 9.34. The van der Waals surface area contributed by atoms with Crippen LogP contribution < -0.4 is 0 Å². The Balaban J connectivity index is 1.92. The van der Waals surface area contributed by atoms with E-state index in [0.717, 1.165) is 60.7 Å². The summed E-state index contributed by atoms with van der Waals surface area (Å²) in [5.74, 6) is -0.311. The maximum atomic E-state index is 12.1. The molecule has 0 unspecified atom stereocenters. The fourth-order valence-corrected chi connectivity index (χ4v) is 7.63. The Labute approximate surface area is 223 Å². The van der Waals surface area contributed by atoms with E-state index in [1.807, 2.05) is 25.2 Å². The lowest BCUT2D eigenvalue weighted by molar-refractivity contribution is -0.177. The van der Waals surface area contributed by atoms with Gasteiger partial charge in [0.1, 0.15) is 6.29 Å². The molecule has 3 rings (SSSR count). The van der Waals surface area contributed by atoms with Crippen LogP contribution in [0.15, 0.2) is 58.7 Å². The number of aldehydes is 1. The zero-order valence-corrected chi connectivity index (χ0v) is 23.1. The van der Waals surface area contributed by atoms with Crippen molar-refractivity contribution < 1.29 is 25.2 Å². The smallest absolute Gasteiger partial charge is 0.145 e. The Bertz CT molecular complexity index is 948. The van der Waals surface area contributed by atoms with Crippen molar-refractivity contribution in [3.63, 3.8) is 0 Å². The lowest BCUT2D eigenvalue weighted by Gasteiger charge is -2.58. The summed E-state index contributed by atoms with van der Waals surface area (Å²) in [4.78, 5) is 12.1. The molecular formula is C32H48O5. The lowest BCUT2D eigenvalue weighted by atomic mass is 9.49. The van der Waals surface area contributed by atoms with Crippen LogP contribution in [0.25, 0.3) is 0 Å². The fraction of sp³-hybridized carbons (Fsp3) is 0.656. The van der Waals surface area contributed by atoms with Crippen molar-refractivity contribution in [1.82, 2.24) is 0 Å². The number of allylic oxidation sites excluding steroid dienone is 8. The van der Waals surface area contributed by atoms with Gasteiger partial charge in [-0.3, -0.25) is 4.79 Å². The molecule has 0 heterocycles. The molecule has 5 nitrogen and oxygen atoms in total. The molecule has 0 aromatic heterocycles. The average molecular weight is 513 g/mol. The Morgan fingerprint density at radius 1 is 1.22 bits per heavy atom. The van der Waals surface area contributed by atoms with E-state index in [9.17, 15) is 25.2 Å². The predicted molar refractivity (Wildman–Crippen MR) is 149 cm³/mol. The van der Waals surface area contributed by atoms with Crippen LogP contribution in [0.5, 0.6) is 0 Å². The topological polar surface area (TPSA) is 98.0 Å². The highest BCUT2D eigenvalue weighted by molar-refractivity contribution is 5.75. The number of carbonyl (C=O) groups is 1. The second kappa shape index (κ2) is 12.8. The number of rotatable bonds is 11. The van der Waals surface area contributed by atoms with E-state index < -0.39 is 17.1 Å². The predicted octanol–water partition coefficient (Wildman–Crippen LogP) is 5.36. The van der Waals surface area contributed by atoms with Crippen molar-refractivity contribution in [3.8, 4) is 0 Å². The molecule has 4 N–H and O–H groups in total. The average Bonchev–Trinajstić information content (AvgIpc) is 3.19. The highest BCUT2D eigenvalue weighted by atomic mass is 16.3. The highest BCUT2D eigenvalue weighted by Gasteiger charge is 2.65. The van der Waals surface area contributed by atoms with E-state index in [4.69, 9.17) is 0 Å². The Morgan fingerprint density at radius 3 is 2.62 bits per heavy atom. The molecule has 0 aliphatic heterocycles. The van der Waals surface area contributed by atoms with Gasteiger partial charge in [0.2, 0.25) is 0 Å². The molecule has 3 aliphatic carbocycles. The van der Waals surface area contributed by atoms with Gasteiger partial charge >= 0.3 is 0 Å². The van der Waals surface area contributed by atoms with Crippen molar-refractivity contribution in [2.24, 2.45) is 23.2 Å². The summed E-state index contributed by atoms with van der Waals surface area (Å²) in [6.45, 7) is 10.0. The summed E-state index contributed by atoms with van der Waals surface area (Å²) in [5.41, 5.74) is 3.05. The maximum absolute atomic E-state index is 12.1. The number of aliphatic hydroxyl groups is 4. The van der Waals surface area contributed by atoms with E-state index in [-0.39, 0.29) is 31.0 Å². The molecule has 2 fully saturated rings. The Hall–Kier alpha value is -1.79. The van der Waals surface area contributed by atoms with Gasteiger partial charge in [-0.25, -0.2) is 0 Å². The fourth-order valence-electron chi connectivity index (χ4n) is 7.63. The van der Waals surface area contributed by atoms with E-state index in [0.29, 0.717) is 32.1 Å². The number of hydrogen-bond donors (Lipinski definition) is 4. The molecule has 1 spiro atoms. The van der Waals surface area contributed by atoms with Crippen LogP contribution in [-0.2, 0) is 4.79 Å². The zero-order chi connectivity index (χ0) is 27.2. The van der Waals surface area contributed by atoms with Crippen molar-refractivity contribution in [3.05, 3.63) is 58.7 Å². The van der Waals surface area contributed by atoms with Gasteiger partial charge in [-0.2, -0.15) is 0 Å². The van der Waals surface area contributed by atoms with Gasteiger partial charge in [0.25, 0.3) is 0 Å². The van der Waals surface area contributed by atoms with Crippen LogP contribution in [0.4, 0.5) is 0 Å². The molecule has 3 aliphatic rings. The molecule has 0 aromatic carbocycles. The van der Waals surface area contributed by atoms with E-state index in [1.165, 1.54) is 5.57 Å². The van der Waals surface area contributed by atoms with Gasteiger partial charge in [-0.15, -0.1) is 0 Å². The number of carbonyl (C=O) groups excluding carboxylic acids is 1. The Morgan fingerprint density at radius 2 is 1.97 bits per heavy atom. The zero-order valence-electron chi connectivity index (χ0n) is 23.1. The molecule has 5 heteroatoms. The summed E-state index contributed by atoms with van der Waals surface area (Å²) in [7, 11) is 0. The van der Waals surface area contributed by atoms with Crippen molar-refractivity contribution in [2.75, 3.05) is 13.2 Å². The summed E-state index contributed by atoms with van der Waals surface area (Å²) in [6.07, 6.45) is 15.5. The van der Waals surface area contributed by atoms with Gasteiger partial charge in [-0.1, -0.05) is 47.6 Å². The van der Waals surface area contributed by atoms with E-state index in [2.05, 4.69) is 26.5 Å². The number of fused-ring (bicyclic) bond motifs is 1. The third-order valence-electron chi connectivity index (χ3n) is 9.34. The van der Waals surface area contributed by atoms with Gasteiger partial charge < -0.3 is 20.4 Å². The van der Waals surface area contributed by atoms with Crippen LogP contribution in [0.3, 0.4) is 0 Å². The van der Waals surface area contributed by atoms with Crippen LogP contribution in [-0.4, -0.2) is 51.6 Å². The first-order valence-electron chi connectivity index (χ1n) is 14.1. The first kappa shape index (κ1) is 29.8. The number of aliphatic hydroxyl groups excluding tert-OH is 3. The molecule has 0 radical (unpaired) electrons. The second-order valence-electron chi connectivity index (χ2n) is 12.0. The minimum Gasteiger partial charge on any atom is -0.396 e. The molecule has 0 bridgehead atoms. The van der Waals surface area contributed by atoms with Gasteiger partial charge in [-0.05, 0) is 108 Å². The first-order chi connectivity index (χ1) is 17.6. The largest absolute Gasteiger partial charge is 0.396 e. The van der Waals surface area contributed by atoms with E-state index in [1.54, 1.807) is 0 Å². The molecule has 206 valence electrons. The summed E-state index contributed by atoms with van der Waals surface area (Å²) < 4.78 is 0. The second-order valence-corrected chi connectivity index (χ2v) is 12.0. The summed E-state index contributed by atoms with van der Waals surface area (Å²) in [5, 5.41) is 43.9. The minimum atomic E-state index is -1.11. The summed E-state index contributed by atoms with van der Waals surface area (Å²) in [6, 6.07) is 0. The van der Waals surface area contributed by atoms with Crippen molar-refractivity contribution in [1.29, 1.82) is 0 Å². The molecule has 0 amide bonds. The molecular weight excluding hydrogens is 464 g/mol. The molecule has 0 saturated heterocycles. The molecule has 6 atom stereocenters.